The molecule has 2 aromatic rings. The van der Waals surface area contributed by atoms with Crippen molar-refractivity contribution in [1.82, 2.24) is 25.6 Å². The van der Waals surface area contributed by atoms with Gasteiger partial charge in [0, 0.05) is 11.6 Å². The van der Waals surface area contributed by atoms with E-state index in [-0.39, 0.29) is 23.2 Å². The van der Waals surface area contributed by atoms with Crippen LogP contribution in [0.25, 0.3) is 5.69 Å². The molecule has 33 heavy (non-hydrogen) atoms. The van der Waals surface area contributed by atoms with Crippen LogP contribution < -0.4 is 10.6 Å². The summed E-state index contributed by atoms with van der Waals surface area (Å²) in [7, 11) is 0. The lowest BCUT2D eigenvalue weighted by atomic mass is 10.1. The smallest absolute Gasteiger partial charge is 0.348 e. The van der Waals surface area contributed by atoms with E-state index in [9.17, 15) is 27.2 Å². The number of carbonyl (C=O) groups excluding carboxylic acids is 2. The topological polar surface area (TPSA) is 88.9 Å². The molecule has 180 valence electrons. The predicted octanol–water partition coefficient (Wildman–Crippen LogP) is 3.91. The van der Waals surface area contributed by atoms with Crippen molar-refractivity contribution in [2.24, 2.45) is 0 Å². The molecule has 0 unspecified atom stereocenters. The zero-order chi connectivity index (χ0) is 23.8. The summed E-state index contributed by atoms with van der Waals surface area (Å²) in [4.78, 5) is 24.8. The fourth-order valence-corrected chi connectivity index (χ4v) is 3.83. The largest absolute Gasteiger partial charge is 0.405 e. The molecule has 1 aliphatic rings. The van der Waals surface area contributed by atoms with E-state index in [0.717, 1.165) is 25.7 Å². The Morgan fingerprint density at radius 3 is 2.36 bits per heavy atom. The first-order valence-corrected chi connectivity index (χ1v) is 11.1. The van der Waals surface area contributed by atoms with Crippen LogP contribution in [-0.2, 0) is 6.42 Å². The van der Waals surface area contributed by atoms with E-state index in [1.54, 1.807) is 0 Å². The molecule has 0 radical (unpaired) electrons. The first-order chi connectivity index (χ1) is 15.8. The molecule has 2 amide bonds. The van der Waals surface area contributed by atoms with Gasteiger partial charge in [-0.15, -0.1) is 5.10 Å². The van der Waals surface area contributed by atoms with Gasteiger partial charge in [-0.3, -0.25) is 14.0 Å². The summed E-state index contributed by atoms with van der Waals surface area (Å²) in [5.41, 5.74) is 1.34. The third-order valence-corrected chi connectivity index (χ3v) is 5.54. The molecule has 7 nitrogen and oxygen atoms in total. The van der Waals surface area contributed by atoms with Gasteiger partial charge >= 0.3 is 6.18 Å². The van der Waals surface area contributed by atoms with Crippen molar-refractivity contribution < 1.29 is 27.2 Å². The molecule has 1 fully saturated rings. The molecule has 1 aromatic carbocycles. The number of alkyl halides is 4. The maximum atomic E-state index is 12.8. The van der Waals surface area contributed by atoms with Crippen LogP contribution >= 0.6 is 0 Å². The standard InChI is InChI=1S/C22H27F4N5O2/c23-13-5-1-2-8-18-19(21(33)28-16-6-3-4-7-16)29-30-31(18)17-11-9-15(10-12-17)20(32)27-14-22(24,25)26/h9-12,16H,1-8,13-14H2,(H,27,32)(H,28,33). The highest BCUT2D eigenvalue weighted by Crippen LogP contribution is 2.21. The Balaban J connectivity index is 1.78. The highest BCUT2D eigenvalue weighted by Gasteiger charge is 2.28. The number of hydrogen-bond donors (Lipinski definition) is 2. The van der Waals surface area contributed by atoms with Crippen molar-refractivity contribution in [3.63, 3.8) is 0 Å². The quantitative estimate of drug-likeness (QED) is 0.408. The Bertz CT molecular complexity index is 937. The summed E-state index contributed by atoms with van der Waals surface area (Å²) in [5, 5.41) is 13.0. The monoisotopic (exact) mass is 469 g/mol. The number of benzene rings is 1. The average Bonchev–Trinajstić information content (AvgIpc) is 3.44. The van der Waals surface area contributed by atoms with Gasteiger partial charge in [-0.2, -0.15) is 13.2 Å². The maximum absolute atomic E-state index is 12.8. The molecule has 0 atom stereocenters. The predicted molar refractivity (Wildman–Crippen MR) is 113 cm³/mol. The van der Waals surface area contributed by atoms with E-state index < -0.39 is 25.3 Å². The lowest BCUT2D eigenvalue weighted by Crippen LogP contribution is -2.33. The van der Waals surface area contributed by atoms with Crippen LogP contribution in [0.5, 0.6) is 0 Å². The van der Waals surface area contributed by atoms with Crippen LogP contribution in [0.1, 0.15) is 71.5 Å². The number of halogens is 4. The third kappa shape index (κ3) is 7.00. The highest BCUT2D eigenvalue weighted by atomic mass is 19.4. The molecule has 1 aliphatic carbocycles. The number of aromatic nitrogens is 3. The molecule has 3 rings (SSSR count). The van der Waals surface area contributed by atoms with Crippen molar-refractivity contribution in [2.45, 2.75) is 63.6 Å². The fraction of sp³-hybridized carbons (Fsp3) is 0.545. The summed E-state index contributed by atoms with van der Waals surface area (Å²) < 4.78 is 50.9. The second-order valence-electron chi connectivity index (χ2n) is 8.10. The van der Waals surface area contributed by atoms with Crippen LogP contribution in [0.15, 0.2) is 24.3 Å². The number of nitrogens with one attached hydrogen (secondary N) is 2. The summed E-state index contributed by atoms with van der Waals surface area (Å²) >= 11 is 0. The Morgan fingerprint density at radius 2 is 1.73 bits per heavy atom. The molecular weight excluding hydrogens is 442 g/mol. The van der Waals surface area contributed by atoms with Gasteiger partial charge in [0.15, 0.2) is 5.69 Å². The average molecular weight is 469 g/mol. The van der Waals surface area contributed by atoms with Crippen LogP contribution in [0, 0.1) is 0 Å². The van der Waals surface area contributed by atoms with Crippen LogP contribution in [0.2, 0.25) is 0 Å². The van der Waals surface area contributed by atoms with Gasteiger partial charge < -0.3 is 10.6 Å². The Morgan fingerprint density at radius 1 is 1.03 bits per heavy atom. The SMILES string of the molecule is O=C(NCC(F)(F)F)c1ccc(-n2nnc(C(=O)NC3CCCC3)c2CCCCCF)cc1. The highest BCUT2D eigenvalue weighted by molar-refractivity contribution is 5.94. The maximum Gasteiger partial charge on any atom is 0.405 e. The second-order valence-corrected chi connectivity index (χ2v) is 8.10. The van der Waals surface area contributed by atoms with E-state index in [1.165, 1.54) is 28.9 Å². The normalized spacial score (nSPS) is 14.4. The van der Waals surface area contributed by atoms with Gasteiger partial charge in [0.25, 0.3) is 11.8 Å². The lowest BCUT2D eigenvalue weighted by Gasteiger charge is -2.12. The van der Waals surface area contributed by atoms with E-state index in [4.69, 9.17) is 0 Å². The molecule has 0 aliphatic heterocycles. The molecule has 0 saturated heterocycles. The molecule has 0 spiro atoms. The molecular formula is C22H27F4N5O2. The van der Waals surface area contributed by atoms with E-state index in [2.05, 4.69) is 15.6 Å². The van der Waals surface area contributed by atoms with Crippen LogP contribution in [-0.4, -0.2) is 52.2 Å². The summed E-state index contributed by atoms with van der Waals surface area (Å²) in [5.74, 6) is -1.16. The van der Waals surface area contributed by atoms with E-state index in [0.29, 0.717) is 37.1 Å². The van der Waals surface area contributed by atoms with Crippen molar-refractivity contribution >= 4 is 11.8 Å². The number of hydrogen-bond acceptors (Lipinski definition) is 4. The molecule has 1 heterocycles. The first-order valence-electron chi connectivity index (χ1n) is 11.1. The van der Waals surface area contributed by atoms with Gasteiger partial charge in [0.2, 0.25) is 0 Å². The van der Waals surface area contributed by atoms with Gasteiger partial charge in [-0.05, 0) is 56.4 Å². The number of amides is 2. The summed E-state index contributed by atoms with van der Waals surface area (Å²) in [6.45, 7) is -1.83. The van der Waals surface area contributed by atoms with Gasteiger partial charge in [0.05, 0.1) is 18.1 Å². The summed E-state index contributed by atoms with van der Waals surface area (Å²) in [6.07, 6.45) is 1.63. The number of rotatable bonds is 10. The first kappa shape index (κ1) is 24.7. The van der Waals surface area contributed by atoms with Crippen molar-refractivity contribution in [2.75, 3.05) is 13.2 Å². The number of unbranched alkanes of at least 4 members (excludes halogenated alkanes) is 2. The Hall–Kier alpha value is -2.98. The van der Waals surface area contributed by atoms with Crippen LogP contribution in [0.4, 0.5) is 17.6 Å². The Kier molecular flexibility index (Phi) is 8.40. The summed E-state index contributed by atoms with van der Waals surface area (Å²) in [6, 6.07) is 5.93. The number of carbonyl (C=O) groups is 2. The van der Waals surface area contributed by atoms with Crippen molar-refractivity contribution in [3.8, 4) is 5.69 Å². The molecule has 2 N–H and O–H groups in total. The van der Waals surface area contributed by atoms with Crippen LogP contribution in [0.3, 0.4) is 0 Å². The molecule has 1 aromatic heterocycles. The van der Waals surface area contributed by atoms with Gasteiger partial charge in [-0.25, -0.2) is 4.68 Å². The lowest BCUT2D eigenvalue weighted by molar-refractivity contribution is -0.123. The van der Waals surface area contributed by atoms with Gasteiger partial charge in [0.1, 0.15) is 6.54 Å². The minimum Gasteiger partial charge on any atom is -0.348 e. The minimum absolute atomic E-state index is 0.0619. The third-order valence-electron chi connectivity index (χ3n) is 5.54. The molecule has 1 saturated carbocycles. The van der Waals surface area contributed by atoms with E-state index >= 15 is 0 Å². The van der Waals surface area contributed by atoms with Crippen molar-refractivity contribution in [1.29, 1.82) is 0 Å². The zero-order valence-corrected chi connectivity index (χ0v) is 18.1. The molecule has 0 bridgehead atoms. The van der Waals surface area contributed by atoms with Gasteiger partial charge in [-0.1, -0.05) is 24.5 Å². The van der Waals surface area contributed by atoms with E-state index in [1.807, 2.05) is 5.32 Å². The Labute approximate surface area is 188 Å². The zero-order valence-electron chi connectivity index (χ0n) is 18.1. The molecule has 11 heteroatoms. The fourth-order valence-electron chi connectivity index (χ4n) is 3.83. The van der Waals surface area contributed by atoms with Crippen molar-refractivity contribution in [3.05, 3.63) is 41.2 Å². The second kappa shape index (κ2) is 11.2. The number of nitrogens with zero attached hydrogens (tertiary/aromatic N) is 3. The minimum atomic E-state index is -4.50.